The smallest absolute Gasteiger partial charge is 0.412 e. The molecule has 0 saturated carbocycles. The van der Waals surface area contributed by atoms with Gasteiger partial charge in [0.05, 0.1) is 17.7 Å². The van der Waals surface area contributed by atoms with E-state index in [1.807, 2.05) is 12.1 Å². The van der Waals surface area contributed by atoms with Gasteiger partial charge < -0.3 is 15.2 Å². The normalized spacial score (nSPS) is 15.4. The number of allylic oxidation sites excluding steroid dienone is 4. The highest BCUT2D eigenvalue weighted by Crippen LogP contribution is 2.40. The van der Waals surface area contributed by atoms with Gasteiger partial charge in [0, 0.05) is 17.7 Å². The summed E-state index contributed by atoms with van der Waals surface area (Å²) < 4.78 is 58.5. The first kappa shape index (κ1) is 28.2. The van der Waals surface area contributed by atoms with Gasteiger partial charge in [0.15, 0.2) is 0 Å². The molecule has 4 rings (SSSR count). The quantitative estimate of drug-likeness (QED) is 0.291. The van der Waals surface area contributed by atoms with Crippen LogP contribution in [0.4, 0.5) is 17.6 Å². The summed E-state index contributed by atoms with van der Waals surface area (Å²) in [4.78, 5) is 12.9. The zero-order valence-electron chi connectivity index (χ0n) is 21.2. The minimum absolute atomic E-state index is 0.00970. The summed E-state index contributed by atoms with van der Waals surface area (Å²) in [5.74, 6) is -1.41. The van der Waals surface area contributed by atoms with Crippen molar-refractivity contribution in [3.63, 3.8) is 0 Å². The number of aromatic hydroxyl groups is 1. The summed E-state index contributed by atoms with van der Waals surface area (Å²) in [5, 5.41) is 13.1. The third-order valence-corrected chi connectivity index (χ3v) is 6.94. The van der Waals surface area contributed by atoms with Crippen LogP contribution in [0.1, 0.15) is 34.8 Å². The summed E-state index contributed by atoms with van der Waals surface area (Å²) in [6, 6.07) is 14.3. The largest absolute Gasteiger partial charge is 0.507 e. The summed E-state index contributed by atoms with van der Waals surface area (Å²) in [7, 11) is 1.53. The lowest BCUT2D eigenvalue weighted by molar-refractivity contribution is -0.0983. The zero-order chi connectivity index (χ0) is 28.3. The van der Waals surface area contributed by atoms with Crippen molar-refractivity contribution in [2.24, 2.45) is 5.92 Å². The number of carbonyl (C=O) groups excluding carboxylic acids is 1. The summed E-state index contributed by atoms with van der Waals surface area (Å²) in [6.45, 7) is 1.76. The highest BCUT2D eigenvalue weighted by atomic mass is 35.5. The molecule has 0 heterocycles. The molecule has 3 aromatic carbocycles. The molecule has 39 heavy (non-hydrogen) atoms. The van der Waals surface area contributed by atoms with Crippen LogP contribution in [0, 0.1) is 11.7 Å². The van der Waals surface area contributed by atoms with Gasteiger partial charge in [-0.25, -0.2) is 4.39 Å². The minimum Gasteiger partial charge on any atom is -0.507 e. The molecule has 9 heteroatoms. The average molecular weight is 560 g/mol. The average Bonchev–Trinajstić information content (AvgIpc) is 2.89. The molecule has 1 amide bonds. The predicted octanol–water partition coefficient (Wildman–Crippen LogP) is 7.74. The summed E-state index contributed by atoms with van der Waals surface area (Å²) in [6.07, 6.45) is -1.30. The molecule has 0 aliphatic heterocycles. The molecule has 1 atom stereocenters. The number of methoxy groups -OCH3 is 1. The Balaban J connectivity index is 1.47. The number of phenols is 1. The molecule has 4 nitrogen and oxygen atoms in total. The number of benzene rings is 3. The van der Waals surface area contributed by atoms with E-state index in [0.717, 1.165) is 11.6 Å². The number of ether oxygens (including phenoxy) is 1. The van der Waals surface area contributed by atoms with Crippen LogP contribution in [0.15, 0.2) is 72.3 Å². The summed E-state index contributed by atoms with van der Waals surface area (Å²) >= 11 is 5.95. The molecule has 0 fully saturated rings. The Bertz CT molecular complexity index is 1460. The number of rotatable bonds is 7. The third kappa shape index (κ3) is 6.45. The first-order chi connectivity index (χ1) is 18.5. The van der Waals surface area contributed by atoms with Crippen molar-refractivity contribution >= 4 is 23.1 Å². The highest BCUT2D eigenvalue weighted by molar-refractivity contribution is 6.31. The maximum atomic E-state index is 13.6. The Morgan fingerprint density at radius 1 is 1.08 bits per heavy atom. The zero-order valence-corrected chi connectivity index (χ0v) is 22.0. The van der Waals surface area contributed by atoms with Crippen molar-refractivity contribution < 1.29 is 32.2 Å². The van der Waals surface area contributed by atoms with Gasteiger partial charge in [-0.2, -0.15) is 13.2 Å². The van der Waals surface area contributed by atoms with Crippen LogP contribution < -0.4 is 10.1 Å². The molecule has 3 aromatic rings. The Morgan fingerprint density at radius 2 is 1.82 bits per heavy atom. The second-order valence-corrected chi connectivity index (χ2v) is 9.73. The fraction of sp³-hybridized carbons (Fsp3) is 0.233. The topological polar surface area (TPSA) is 58.6 Å². The minimum atomic E-state index is -4.39. The number of phenolic OH excluding ortho intramolecular Hbond substituents is 1. The molecule has 204 valence electrons. The van der Waals surface area contributed by atoms with Crippen LogP contribution in [0.3, 0.4) is 0 Å². The highest BCUT2D eigenvalue weighted by Gasteiger charge is 2.38. The molecule has 1 aliphatic carbocycles. The molecule has 1 unspecified atom stereocenters. The van der Waals surface area contributed by atoms with Crippen molar-refractivity contribution in [1.29, 1.82) is 0 Å². The Morgan fingerprint density at radius 3 is 2.49 bits per heavy atom. The molecule has 1 aliphatic rings. The van der Waals surface area contributed by atoms with Crippen LogP contribution in [0.25, 0.3) is 16.7 Å². The molecule has 0 radical (unpaired) electrons. The molecule has 0 aromatic heterocycles. The Kier molecular flexibility index (Phi) is 8.35. The molecule has 0 spiro atoms. The monoisotopic (exact) mass is 559 g/mol. The SMILES string of the molecule is COc1ccc(CCNC(=O)c2cc(C3=CC=C(C(F)(F)F)C(C)C3)ccc2O)cc1-c1ccc(F)c(Cl)c1. The van der Waals surface area contributed by atoms with Crippen molar-refractivity contribution in [2.45, 2.75) is 25.9 Å². The van der Waals surface area contributed by atoms with E-state index in [-0.39, 0.29) is 29.3 Å². The summed E-state index contributed by atoms with van der Waals surface area (Å²) in [5.41, 5.74) is 2.92. The predicted molar refractivity (Wildman–Crippen MR) is 143 cm³/mol. The van der Waals surface area contributed by atoms with Gasteiger partial charge in [0.2, 0.25) is 0 Å². The standard InChI is InChI=1S/C30H26ClF4NO3/c1-17-13-19(4-7-24(17)30(33,34)35)20-6-9-27(37)23(15-20)29(38)36-12-11-18-3-10-28(39-2)22(14-18)21-5-8-26(32)25(31)16-21/h3-10,14-17,37H,11-13H2,1-2H3,(H,36,38). The molecular weight excluding hydrogens is 534 g/mol. The lowest BCUT2D eigenvalue weighted by Gasteiger charge is -2.24. The first-order valence-corrected chi connectivity index (χ1v) is 12.6. The Labute approximate surface area is 228 Å². The van der Waals surface area contributed by atoms with Crippen molar-refractivity contribution in [3.05, 3.63) is 99.9 Å². The number of nitrogens with one attached hydrogen (secondary N) is 1. The molecule has 0 bridgehead atoms. The number of hydrogen-bond acceptors (Lipinski definition) is 3. The lowest BCUT2D eigenvalue weighted by atomic mass is 9.85. The van der Waals surface area contributed by atoms with E-state index >= 15 is 0 Å². The number of carbonyl (C=O) groups is 1. The number of hydrogen-bond donors (Lipinski definition) is 2. The van der Waals surface area contributed by atoms with Crippen molar-refractivity contribution in [3.8, 4) is 22.6 Å². The van der Waals surface area contributed by atoms with Gasteiger partial charge in [0.1, 0.15) is 17.3 Å². The van der Waals surface area contributed by atoms with E-state index < -0.39 is 29.4 Å². The van der Waals surface area contributed by atoms with Gasteiger partial charge in [0.25, 0.3) is 5.91 Å². The van der Waals surface area contributed by atoms with E-state index in [9.17, 15) is 27.5 Å². The third-order valence-electron chi connectivity index (χ3n) is 6.65. The maximum Gasteiger partial charge on any atom is 0.412 e. The van der Waals surface area contributed by atoms with Crippen molar-refractivity contribution in [1.82, 2.24) is 5.32 Å². The van der Waals surface area contributed by atoms with Gasteiger partial charge in [-0.15, -0.1) is 0 Å². The van der Waals surface area contributed by atoms with E-state index in [0.29, 0.717) is 34.4 Å². The van der Waals surface area contributed by atoms with Crippen LogP contribution in [-0.2, 0) is 6.42 Å². The molecular formula is C30H26ClF4NO3. The van der Waals surface area contributed by atoms with Crippen molar-refractivity contribution in [2.75, 3.05) is 13.7 Å². The molecule has 0 saturated heterocycles. The lowest BCUT2D eigenvalue weighted by Crippen LogP contribution is -2.26. The van der Waals surface area contributed by atoms with Gasteiger partial charge in [-0.05, 0) is 77.4 Å². The second-order valence-electron chi connectivity index (χ2n) is 9.32. The Hall–Kier alpha value is -3.78. The number of halogens is 5. The van der Waals surface area contributed by atoms with Crippen LogP contribution in [0.5, 0.6) is 11.5 Å². The number of amides is 1. The molecule has 2 N–H and O–H groups in total. The fourth-order valence-corrected chi connectivity index (χ4v) is 4.76. The first-order valence-electron chi connectivity index (χ1n) is 12.2. The van der Waals surface area contributed by atoms with Crippen LogP contribution in [0.2, 0.25) is 5.02 Å². The van der Waals surface area contributed by atoms with E-state index in [1.165, 1.54) is 44.4 Å². The van der Waals surface area contributed by atoms with E-state index in [2.05, 4.69) is 5.32 Å². The van der Waals surface area contributed by atoms with Crippen LogP contribution >= 0.6 is 11.6 Å². The van der Waals surface area contributed by atoms with Gasteiger partial charge in [-0.3, -0.25) is 4.79 Å². The fourth-order valence-electron chi connectivity index (χ4n) is 4.58. The van der Waals surface area contributed by atoms with E-state index in [4.69, 9.17) is 16.3 Å². The maximum absolute atomic E-state index is 13.6. The van der Waals surface area contributed by atoms with Crippen LogP contribution in [-0.4, -0.2) is 30.8 Å². The number of alkyl halides is 3. The van der Waals surface area contributed by atoms with Gasteiger partial charge in [-0.1, -0.05) is 48.9 Å². The van der Waals surface area contributed by atoms with Gasteiger partial charge >= 0.3 is 6.18 Å². The second kappa shape index (κ2) is 11.5. The van der Waals surface area contributed by atoms with E-state index in [1.54, 1.807) is 18.2 Å².